The highest BCUT2D eigenvalue weighted by molar-refractivity contribution is 5.92. The maximum Gasteiger partial charge on any atom is 0.280 e. The van der Waals surface area contributed by atoms with E-state index in [0.717, 1.165) is 28.5 Å². The van der Waals surface area contributed by atoms with E-state index in [1.165, 1.54) is 16.7 Å². The molecule has 1 amide bonds. The van der Waals surface area contributed by atoms with Gasteiger partial charge in [0, 0.05) is 11.3 Å². The number of anilines is 1. The number of hydrogen-bond acceptors (Lipinski definition) is 3. The molecule has 30 heavy (non-hydrogen) atoms. The summed E-state index contributed by atoms with van der Waals surface area (Å²) in [6, 6.07) is 12.3. The molecule has 0 aliphatic carbocycles. The van der Waals surface area contributed by atoms with E-state index in [1.54, 1.807) is 6.26 Å². The number of aryl methyl sites for hydroxylation is 2. The summed E-state index contributed by atoms with van der Waals surface area (Å²) in [5.74, 6) is 1.19. The van der Waals surface area contributed by atoms with Crippen molar-refractivity contribution in [3.05, 3.63) is 75.9 Å². The zero-order valence-corrected chi connectivity index (χ0v) is 18.3. The number of furan rings is 1. The van der Waals surface area contributed by atoms with Gasteiger partial charge in [0.15, 0.2) is 6.54 Å². The minimum absolute atomic E-state index is 0.119. The van der Waals surface area contributed by atoms with Crippen molar-refractivity contribution in [2.24, 2.45) is 0 Å². The third-order valence-electron chi connectivity index (χ3n) is 5.55. The Morgan fingerprint density at radius 2 is 2.00 bits per heavy atom. The van der Waals surface area contributed by atoms with Crippen LogP contribution in [0, 0.1) is 39.0 Å². The van der Waals surface area contributed by atoms with Crippen molar-refractivity contribution in [2.45, 2.75) is 40.8 Å². The second-order valence-corrected chi connectivity index (χ2v) is 8.00. The van der Waals surface area contributed by atoms with Crippen LogP contribution < -0.4 is 10.2 Å². The highest BCUT2D eigenvalue weighted by atomic mass is 16.3. The maximum absolute atomic E-state index is 12.8. The Balaban J connectivity index is 1.75. The Hall–Kier alpha value is -3.30. The number of nitrogens with one attached hydrogen (secondary N) is 2. The quantitative estimate of drug-likeness (QED) is 0.635. The third kappa shape index (κ3) is 4.64. The molecule has 2 aromatic heterocycles. The van der Waals surface area contributed by atoms with E-state index in [-0.39, 0.29) is 5.91 Å². The van der Waals surface area contributed by atoms with Crippen molar-refractivity contribution >= 4 is 11.7 Å². The molecule has 0 radical (unpaired) electrons. The van der Waals surface area contributed by atoms with Crippen molar-refractivity contribution in [1.82, 2.24) is 4.57 Å². The van der Waals surface area contributed by atoms with Crippen LogP contribution in [0.25, 0.3) is 0 Å². The molecule has 0 bridgehead atoms. The minimum Gasteiger partial charge on any atom is -0.467 e. The SMILES string of the molecule is Cc1ccc(C[NH+](C)CC(=O)Nc2c(C#N)c(C)c(C)n2Cc2ccco2)c(C)c1. The third-order valence-corrected chi connectivity index (χ3v) is 5.55. The van der Waals surface area contributed by atoms with E-state index in [1.807, 2.05) is 37.6 Å². The van der Waals surface area contributed by atoms with Crippen LogP contribution in [0.3, 0.4) is 0 Å². The van der Waals surface area contributed by atoms with Crippen molar-refractivity contribution in [3.8, 4) is 6.07 Å². The lowest BCUT2D eigenvalue weighted by Crippen LogP contribution is -3.08. The Kier molecular flexibility index (Phi) is 6.43. The van der Waals surface area contributed by atoms with E-state index >= 15 is 0 Å². The molecule has 1 aromatic carbocycles. The van der Waals surface area contributed by atoms with Gasteiger partial charge in [-0.25, -0.2) is 0 Å². The Bertz CT molecular complexity index is 1090. The number of benzene rings is 1. The van der Waals surface area contributed by atoms with Crippen LogP contribution in [0.2, 0.25) is 0 Å². The fraction of sp³-hybridized carbons (Fsp3) is 0.333. The van der Waals surface area contributed by atoms with E-state index < -0.39 is 0 Å². The lowest BCUT2D eigenvalue weighted by atomic mass is 10.1. The van der Waals surface area contributed by atoms with E-state index in [2.05, 4.69) is 43.4 Å². The average Bonchev–Trinajstić information content (AvgIpc) is 3.27. The monoisotopic (exact) mass is 405 g/mol. The summed E-state index contributed by atoms with van der Waals surface area (Å²) in [4.78, 5) is 13.9. The number of nitrogens with zero attached hydrogens (tertiary/aromatic N) is 2. The Morgan fingerprint density at radius 1 is 1.23 bits per heavy atom. The first-order valence-corrected chi connectivity index (χ1v) is 10.1. The fourth-order valence-corrected chi connectivity index (χ4v) is 3.77. The van der Waals surface area contributed by atoms with Gasteiger partial charge in [0.2, 0.25) is 0 Å². The fourth-order valence-electron chi connectivity index (χ4n) is 3.77. The molecule has 0 fully saturated rings. The first kappa shape index (κ1) is 21.4. The molecule has 0 saturated carbocycles. The molecular weight excluding hydrogens is 376 g/mol. The zero-order valence-electron chi connectivity index (χ0n) is 18.3. The minimum atomic E-state index is -0.119. The van der Waals surface area contributed by atoms with Gasteiger partial charge >= 0.3 is 0 Å². The lowest BCUT2D eigenvalue weighted by Gasteiger charge is -2.17. The van der Waals surface area contributed by atoms with Gasteiger partial charge in [-0.05, 0) is 51.0 Å². The van der Waals surface area contributed by atoms with Gasteiger partial charge < -0.3 is 19.2 Å². The number of likely N-dealkylation sites (N-methyl/N-ethyl adjacent to an activating group) is 1. The number of hydrogen-bond donors (Lipinski definition) is 2. The first-order chi connectivity index (χ1) is 14.3. The summed E-state index contributed by atoms with van der Waals surface area (Å²) in [7, 11) is 2.00. The molecule has 0 aliphatic heterocycles. The number of rotatable bonds is 7. The number of quaternary nitrogens is 1. The summed E-state index contributed by atoms with van der Waals surface area (Å²) in [6.07, 6.45) is 1.62. The van der Waals surface area contributed by atoms with E-state index in [0.29, 0.717) is 24.5 Å². The van der Waals surface area contributed by atoms with Crippen LogP contribution in [-0.2, 0) is 17.9 Å². The van der Waals surface area contributed by atoms with Gasteiger partial charge in [0.1, 0.15) is 24.2 Å². The molecule has 2 N–H and O–H groups in total. The molecule has 1 atom stereocenters. The molecule has 0 aliphatic rings. The number of amides is 1. The predicted molar refractivity (Wildman–Crippen MR) is 116 cm³/mol. The second-order valence-electron chi connectivity index (χ2n) is 8.00. The number of carbonyl (C=O) groups excluding carboxylic acids is 1. The van der Waals surface area contributed by atoms with Gasteiger partial charge in [-0.15, -0.1) is 0 Å². The van der Waals surface area contributed by atoms with Crippen LogP contribution >= 0.6 is 0 Å². The van der Waals surface area contributed by atoms with Crippen LogP contribution in [0.5, 0.6) is 0 Å². The topological polar surface area (TPSA) is 75.4 Å². The average molecular weight is 406 g/mol. The summed E-state index contributed by atoms with van der Waals surface area (Å²) >= 11 is 0. The molecule has 6 heteroatoms. The molecule has 2 heterocycles. The van der Waals surface area contributed by atoms with Gasteiger partial charge in [-0.2, -0.15) is 5.26 Å². The molecule has 3 aromatic rings. The van der Waals surface area contributed by atoms with Crippen molar-refractivity contribution in [1.29, 1.82) is 5.26 Å². The standard InChI is InChI=1S/C24H28N4O2/c1-16-8-9-20(17(2)11-16)13-27(5)15-23(29)26-24-22(12-25)18(3)19(4)28(24)14-21-7-6-10-30-21/h6-11H,13-15H2,1-5H3,(H,26,29)/p+1. The molecule has 3 rings (SSSR count). The molecule has 6 nitrogen and oxygen atoms in total. The lowest BCUT2D eigenvalue weighted by molar-refractivity contribution is -0.885. The predicted octanol–water partition coefficient (Wildman–Crippen LogP) is 2.89. The number of nitriles is 1. The summed E-state index contributed by atoms with van der Waals surface area (Å²) in [5.41, 5.74) is 6.01. The smallest absolute Gasteiger partial charge is 0.280 e. The largest absolute Gasteiger partial charge is 0.467 e. The van der Waals surface area contributed by atoms with Gasteiger partial charge in [0.25, 0.3) is 5.91 Å². The highest BCUT2D eigenvalue weighted by Crippen LogP contribution is 2.27. The van der Waals surface area contributed by atoms with E-state index in [4.69, 9.17) is 4.42 Å². The summed E-state index contributed by atoms with van der Waals surface area (Å²) in [6.45, 7) is 9.56. The number of aromatic nitrogens is 1. The van der Waals surface area contributed by atoms with Crippen LogP contribution in [-0.4, -0.2) is 24.1 Å². The van der Waals surface area contributed by atoms with Gasteiger partial charge in [-0.3, -0.25) is 4.79 Å². The molecular formula is C24H29N4O2+. The maximum atomic E-state index is 12.8. The molecule has 1 unspecified atom stereocenters. The zero-order chi connectivity index (χ0) is 21.8. The van der Waals surface area contributed by atoms with Crippen molar-refractivity contribution in [3.63, 3.8) is 0 Å². The van der Waals surface area contributed by atoms with Crippen LogP contribution in [0.1, 0.15) is 39.3 Å². The second kappa shape index (κ2) is 9.02. The Labute approximate surface area is 177 Å². The molecule has 156 valence electrons. The molecule has 0 saturated heterocycles. The van der Waals surface area contributed by atoms with Gasteiger partial charge in [0.05, 0.1) is 25.4 Å². The van der Waals surface area contributed by atoms with Crippen LogP contribution in [0.15, 0.2) is 41.0 Å². The summed E-state index contributed by atoms with van der Waals surface area (Å²) in [5, 5.41) is 12.6. The van der Waals surface area contributed by atoms with Crippen LogP contribution in [0.4, 0.5) is 5.82 Å². The van der Waals surface area contributed by atoms with Crippen molar-refractivity contribution < 1.29 is 14.1 Å². The van der Waals surface area contributed by atoms with Crippen molar-refractivity contribution in [2.75, 3.05) is 18.9 Å². The summed E-state index contributed by atoms with van der Waals surface area (Å²) < 4.78 is 7.40. The first-order valence-electron chi connectivity index (χ1n) is 10.1. The number of carbonyl (C=O) groups is 1. The Morgan fingerprint density at radius 3 is 2.63 bits per heavy atom. The van der Waals surface area contributed by atoms with E-state index in [9.17, 15) is 10.1 Å². The molecule has 0 spiro atoms. The highest BCUT2D eigenvalue weighted by Gasteiger charge is 2.21. The normalized spacial score (nSPS) is 11.9. The van der Waals surface area contributed by atoms with Gasteiger partial charge in [-0.1, -0.05) is 23.8 Å².